The van der Waals surface area contributed by atoms with Gasteiger partial charge in [-0.3, -0.25) is 9.59 Å². The standard InChI is InChI=1S/C25H21NO4/c1-2-26(15-17-8-4-3-5-9-17)23(27)16-30-25(29)18-12-13-20-19-10-6-7-11-21(19)24(28)22(20)14-18/h3-14H,2,15-16H2,1H3. The molecule has 0 bridgehead atoms. The van der Waals surface area contributed by atoms with Gasteiger partial charge in [-0.1, -0.05) is 60.7 Å². The Bertz CT molecular complexity index is 1120. The molecule has 0 radical (unpaired) electrons. The van der Waals surface area contributed by atoms with Crippen molar-refractivity contribution in [1.29, 1.82) is 0 Å². The lowest BCUT2D eigenvalue weighted by Crippen LogP contribution is -2.34. The first-order valence-corrected chi connectivity index (χ1v) is 9.85. The maximum atomic E-state index is 12.6. The van der Waals surface area contributed by atoms with Gasteiger partial charge < -0.3 is 9.64 Å². The Balaban J connectivity index is 1.42. The zero-order valence-corrected chi connectivity index (χ0v) is 16.6. The lowest BCUT2D eigenvalue weighted by molar-refractivity contribution is -0.134. The van der Waals surface area contributed by atoms with Gasteiger partial charge in [0.1, 0.15) is 0 Å². The number of benzene rings is 3. The number of ketones is 1. The van der Waals surface area contributed by atoms with Crippen molar-refractivity contribution < 1.29 is 19.1 Å². The zero-order valence-electron chi connectivity index (χ0n) is 16.6. The summed E-state index contributed by atoms with van der Waals surface area (Å²) < 4.78 is 5.24. The molecule has 150 valence electrons. The summed E-state index contributed by atoms with van der Waals surface area (Å²) in [4.78, 5) is 39.2. The second-order valence-corrected chi connectivity index (χ2v) is 7.10. The lowest BCUT2D eigenvalue weighted by atomic mass is 10.0. The van der Waals surface area contributed by atoms with Crippen LogP contribution in [0, 0.1) is 0 Å². The molecule has 3 aromatic rings. The molecule has 1 amide bonds. The maximum Gasteiger partial charge on any atom is 0.338 e. The third kappa shape index (κ3) is 3.74. The van der Waals surface area contributed by atoms with Crippen LogP contribution in [0.2, 0.25) is 0 Å². The number of hydrogen-bond donors (Lipinski definition) is 0. The number of carbonyl (C=O) groups excluding carboxylic acids is 3. The highest BCUT2D eigenvalue weighted by atomic mass is 16.5. The molecule has 5 heteroatoms. The van der Waals surface area contributed by atoms with Crippen LogP contribution in [-0.2, 0) is 16.1 Å². The van der Waals surface area contributed by atoms with Gasteiger partial charge in [0.05, 0.1) is 5.56 Å². The van der Waals surface area contributed by atoms with E-state index in [2.05, 4.69) is 0 Å². The molecule has 0 spiro atoms. The van der Waals surface area contributed by atoms with Crippen molar-refractivity contribution in [1.82, 2.24) is 4.90 Å². The first kappa shape index (κ1) is 19.6. The average molecular weight is 399 g/mol. The Hall–Kier alpha value is -3.73. The Kier molecular flexibility index (Phi) is 5.44. The summed E-state index contributed by atoms with van der Waals surface area (Å²) in [7, 11) is 0. The molecule has 4 rings (SSSR count). The summed E-state index contributed by atoms with van der Waals surface area (Å²) >= 11 is 0. The molecule has 5 nitrogen and oxygen atoms in total. The van der Waals surface area contributed by atoms with Gasteiger partial charge in [-0.25, -0.2) is 4.79 Å². The van der Waals surface area contributed by atoms with Gasteiger partial charge in [0.15, 0.2) is 12.4 Å². The highest BCUT2D eigenvalue weighted by molar-refractivity contribution is 6.22. The van der Waals surface area contributed by atoms with Crippen molar-refractivity contribution in [3.05, 3.63) is 95.1 Å². The van der Waals surface area contributed by atoms with Crippen LogP contribution >= 0.6 is 0 Å². The first-order chi connectivity index (χ1) is 14.6. The molecule has 0 saturated carbocycles. The molecular weight excluding hydrogens is 378 g/mol. The quantitative estimate of drug-likeness (QED) is 0.458. The van der Waals surface area contributed by atoms with E-state index in [9.17, 15) is 14.4 Å². The molecule has 0 saturated heterocycles. The van der Waals surface area contributed by atoms with Gasteiger partial charge in [0.25, 0.3) is 5.91 Å². The van der Waals surface area contributed by atoms with Crippen LogP contribution in [0.3, 0.4) is 0 Å². The first-order valence-electron chi connectivity index (χ1n) is 9.85. The molecule has 0 atom stereocenters. The SMILES string of the molecule is CCN(Cc1ccccc1)C(=O)COC(=O)c1ccc2c(c1)C(=O)c1ccccc1-2. The number of esters is 1. The minimum atomic E-state index is -0.620. The topological polar surface area (TPSA) is 63.7 Å². The predicted octanol–water partition coefficient (Wildman–Crippen LogP) is 4.10. The lowest BCUT2D eigenvalue weighted by Gasteiger charge is -2.20. The summed E-state index contributed by atoms with van der Waals surface area (Å²) in [5, 5.41) is 0. The summed E-state index contributed by atoms with van der Waals surface area (Å²) in [5.74, 6) is -0.989. The number of ether oxygens (including phenoxy) is 1. The van der Waals surface area contributed by atoms with Crippen molar-refractivity contribution in [2.24, 2.45) is 0 Å². The van der Waals surface area contributed by atoms with Gasteiger partial charge in [0, 0.05) is 24.2 Å². The highest BCUT2D eigenvalue weighted by Crippen LogP contribution is 2.36. The number of hydrogen-bond acceptors (Lipinski definition) is 4. The third-order valence-electron chi connectivity index (χ3n) is 5.24. The van der Waals surface area contributed by atoms with Crippen molar-refractivity contribution in [2.75, 3.05) is 13.2 Å². The van der Waals surface area contributed by atoms with Crippen LogP contribution in [0.4, 0.5) is 0 Å². The normalized spacial score (nSPS) is 11.6. The Morgan fingerprint density at radius 2 is 1.50 bits per heavy atom. The van der Waals surface area contributed by atoms with E-state index < -0.39 is 5.97 Å². The van der Waals surface area contributed by atoms with E-state index in [1.807, 2.05) is 55.5 Å². The minimum Gasteiger partial charge on any atom is -0.452 e. The van der Waals surface area contributed by atoms with Crippen LogP contribution < -0.4 is 0 Å². The van der Waals surface area contributed by atoms with Crippen LogP contribution in [0.25, 0.3) is 11.1 Å². The van der Waals surface area contributed by atoms with Crippen LogP contribution in [0.5, 0.6) is 0 Å². The molecule has 30 heavy (non-hydrogen) atoms. The smallest absolute Gasteiger partial charge is 0.338 e. The average Bonchev–Trinajstić information content (AvgIpc) is 3.08. The number of likely N-dealkylation sites (N-methyl/N-ethyl adjacent to an activating group) is 1. The van der Waals surface area contributed by atoms with E-state index in [-0.39, 0.29) is 23.9 Å². The summed E-state index contributed by atoms with van der Waals surface area (Å²) in [6.07, 6.45) is 0. The molecule has 0 heterocycles. The van der Waals surface area contributed by atoms with E-state index >= 15 is 0 Å². The second-order valence-electron chi connectivity index (χ2n) is 7.10. The van der Waals surface area contributed by atoms with Gasteiger partial charge in [0.2, 0.25) is 0 Å². The molecule has 0 N–H and O–H groups in total. The summed E-state index contributed by atoms with van der Waals surface area (Å²) in [6, 6.07) is 21.9. The Morgan fingerprint density at radius 3 is 2.23 bits per heavy atom. The molecule has 1 aliphatic rings. The van der Waals surface area contributed by atoms with E-state index in [1.54, 1.807) is 29.2 Å². The maximum absolute atomic E-state index is 12.6. The van der Waals surface area contributed by atoms with Crippen molar-refractivity contribution >= 4 is 17.7 Å². The van der Waals surface area contributed by atoms with Crippen molar-refractivity contribution in [3.63, 3.8) is 0 Å². The fraction of sp³-hybridized carbons (Fsp3) is 0.160. The van der Waals surface area contributed by atoms with Crippen LogP contribution in [-0.4, -0.2) is 35.7 Å². The van der Waals surface area contributed by atoms with Gasteiger partial charge in [-0.2, -0.15) is 0 Å². The van der Waals surface area contributed by atoms with Crippen LogP contribution in [0.15, 0.2) is 72.8 Å². The van der Waals surface area contributed by atoms with E-state index in [1.165, 1.54) is 0 Å². The number of nitrogens with zero attached hydrogens (tertiary/aromatic N) is 1. The number of fused-ring (bicyclic) bond motifs is 3. The zero-order chi connectivity index (χ0) is 21.1. The monoisotopic (exact) mass is 399 g/mol. The Labute approximate surface area is 174 Å². The van der Waals surface area contributed by atoms with Gasteiger partial charge in [-0.15, -0.1) is 0 Å². The fourth-order valence-corrected chi connectivity index (χ4v) is 3.64. The molecule has 1 aliphatic carbocycles. The minimum absolute atomic E-state index is 0.105. The molecule has 3 aromatic carbocycles. The summed E-state index contributed by atoms with van der Waals surface area (Å²) in [6.45, 7) is 2.51. The third-order valence-corrected chi connectivity index (χ3v) is 5.24. The second kappa shape index (κ2) is 8.33. The van der Waals surface area contributed by atoms with Crippen molar-refractivity contribution in [3.8, 4) is 11.1 Å². The molecule has 0 unspecified atom stereocenters. The number of rotatable bonds is 6. The summed E-state index contributed by atoms with van der Waals surface area (Å²) in [5.41, 5.74) is 4.06. The fourth-order valence-electron chi connectivity index (χ4n) is 3.64. The van der Waals surface area contributed by atoms with E-state index in [0.29, 0.717) is 24.2 Å². The number of carbonyl (C=O) groups is 3. The molecule has 0 fully saturated rings. The van der Waals surface area contributed by atoms with Crippen molar-refractivity contribution in [2.45, 2.75) is 13.5 Å². The van der Waals surface area contributed by atoms with E-state index in [0.717, 1.165) is 16.7 Å². The highest BCUT2D eigenvalue weighted by Gasteiger charge is 2.27. The largest absolute Gasteiger partial charge is 0.452 e. The van der Waals surface area contributed by atoms with Gasteiger partial charge in [-0.05, 0) is 35.7 Å². The molecule has 0 aliphatic heterocycles. The molecular formula is C25H21NO4. The number of amides is 1. The Morgan fingerprint density at radius 1 is 0.833 bits per heavy atom. The van der Waals surface area contributed by atoms with E-state index in [4.69, 9.17) is 4.74 Å². The predicted molar refractivity (Wildman–Crippen MR) is 113 cm³/mol. The van der Waals surface area contributed by atoms with Gasteiger partial charge >= 0.3 is 5.97 Å². The van der Waals surface area contributed by atoms with Crippen LogP contribution in [0.1, 0.15) is 38.8 Å². The molecule has 0 aromatic heterocycles.